The lowest BCUT2D eigenvalue weighted by molar-refractivity contribution is 0.122. The first kappa shape index (κ1) is 18.9. The Hall–Kier alpha value is -3.44. The molecule has 7 nitrogen and oxygen atoms in total. The van der Waals surface area contributed by atoms with Crippen molar-refractivity contribution in [3.63, 3.8) is 0 Å². The fourth-order valence-corrected chi connectivity index (χ4v) is 3.40. The summed E-state index contributed by atoms with van der Waals surface area (Å²) in [6.07, 6.45) is 0. The van der Waals surface area contributed by atoms with E-state index in [9.17, 15) is 9.65 Å². The predicted molar refractivity (Wildman–Crippen MR) is 108 cm³/mol. The summed E-state index contributed by atoms with van der Waals surface area (Å²) in [6, 6.07) is 10.6. The second kappa shape index (κ2) is 7.89. The quantitative estimate of drug-likeness (QED) is 0.726. The van der Waals surface area contributed by atoms with Gasteiger partial charge in [-0.05, 0) is 30.7 Å². The molecular formula is C21H20FN5O2. The van der Waals surface area contributed by atoms with E-state index in [4.69, 9.17) is 9.47 Å². The molecule has 0 bridgehead atoms. The van der Waals surface area contributed by atoms with Gasteiger partial charge >= 0.3 is 0 Å². The largest absolute Gasteiger partial charge is 0.495 e. The van der Waals surface area contributed by atoms with E-state index in [2.05, 4.69) is 20.4 Å². The SMILES string of the molecule is COc1cc2nnc(C#N)c(Nc3ccc(C)cc3F)c2cc1N1CCOCC1. The van der Waals surface area contributed by atoms with Crippen molar-refractivity contribution in [1.82, 2.24) is 10.2 Å². The molecule has 0 saturated carbocycles. The molecule has 2 aromatic carbocycles. The summed E-state index contributed by atoms with van der Waals surface area (Å²) < 4.78 is 25.4. The first-order valence-electron chi connectivity index (χ1n) is 9.25. The van der Waals surface area contributed by atoms with Gasteiger partial charge in [-0.1, -0.05) is 6.07 Å². The molecule has 1 N–H and O–H groups in total. The molecule has 1 saturated heterocycles. The molecule has 0 amide bonds. The minimum Gasteiger partial charge on any atom is -0.495 e. The third-order valence-corrected chi connectivity index (χ3v) is 4.90. The van der Waals surface area contributed by atoms with Gasteiger partial charge in [0.1, 0.15) is 17.6 Å². The molecule has 0 radical (unpaired) electrons. The predicted octanol–water partition coefficient (Wildman–Crippen LogP) is 3.54. The highest BCUT2D eigenvalue weighted by molar-refractivity contribution is 5.98. The molecule has 2 heterocycles. The van der Waals surface area contributed by atoms with Gasteiger partial charge < -0.3 is 19.7 Å². The standard InChI is InChI=1S/C21H20FN5O2/c1-13-3-4-16(15(22)9-13)24-21-14-10-19(27-5-7-29-8-6-27)20(28-2)11-17(14)25-26-18(21)12-23/h3-4,9-11H,5-8H2,1-2H3,(H,24,25). The van der Waals surface area contributed by atoms with Crippen molar-refractivity contribution in [2.24, 2.45) is 0 Å². The van der Waals surface area contributed by atoms with E-state index < -0.39 is 5.82 Å². The normalized spacial score (nSPS) is 13.9. The molecule has 0 unspecified atom stereocenters. The van der Waals surface area contributed by atoms with E-state index in [0.717, 1.165) is 24.3 Å². The Morgan fingerprint density at radius 3 is 2.69 bits per heavy atom. The Bertz CT molecular complexity index is 1110. The summed E-state index contributed by atoms with van der Waals surface area (Å²) in [7, 11) is 1.60. The van der Waals surface area contributed by atoms with Crippen LogP contribution in [0.15, 0.2) is 30.3 Å². The number of rotatable bonds is 4. The van der Waals surface area contributed by atoms with Gasteiger partial charge in [0.2, 0.25) is 0 Å². The summed E-state index contributed by atoms with van der Waals surface area (Å²) >= 11 is 0. The van der Waals surface area contributed by atoms with E-state index in [1.807, 2.05) is 19.1 Å². The minimum atomic E-state index is -0.402. The van der Waals surface area contributed by atoms with Gasteiger partial charge in [-0.25, -0.2) is 4.39 Å². The highest BCUT2D eigenvalue weighted by Gasteiger charge is 2.20. The number of methoxy groups -OCH3 is 1. The summed E-state index contributed by atoms with van der Waals surface area (Å²) in [5, 5.41) is 21.4. The Balaban J connectivity index is 1.88. The monoisotopic (exact) mass is 393 g/mol. The summed E-state index contributed by atoms with van der Waals surface area (Å²) in [4.78, 5) is 2.16. The maximum Gasteiger partial charge on any atom is 0.187 e. The Labute approximate surface area is 167 Å². The molecule has 1 aliphatic heterocycles. The highest BCUT2D eigenvalue weighted by Crippen LogP contribution is 2.37. The zero-order valence-electron chi connectivity index (χ0n) is 16.2. The average molecular weight is 393 g/mol. The number of morpholine rings is 1. The molecule has 3 aromatic rings. The summed E-state index contributed by atoms with van der Waals surface area (Å²) in [6.45, 7) is 4.51. The van der Waals surface area contributed by atoms with Gasteiger partial charge in [0, 0.05) is 24.5 Å². The third kappa shape index (κ3) is 3.65. The molecule has 1 aromatic heterocycles. The second-order valence-corrected chi connectivity index (χ2v) is 6.78. The van der Waals surface area contributed by atoms with Crippen LogP contribution in [0.25, 0.3) is 10.9 Å². The number of nitriles is 1. The number of anilines is 3. The lowest BCUT2D eigenvalue weighted by Gasteiger charge is -2.30. The molecular weight excluding hydrogens is 373 g/mol. The zero-order valence-corrected chi connectivity index (χ0v) is 16.2. The van der Waals surface area contributed by atoms with Gasteiger partial charge in [0.25, 0.3) is 0 Å². The van der Waals surface area contributed by atoms with Crippen molar-refractivity contribution >= 4 is 28.0 Å². The van der Waals surface area contributed by atoms with Crippen LogP contribution in [0, 0.1) is 24.1 Å². The molecule has 148 valence electrons. The Morgan fingerprint density at radius 1 is 1.21 bits per heavy atom. The third-order valence-electron chi connectivity index (χ3n) is 4.90. The number of fused-ring (bicyclic) bond motifs is 1. The van der Waals surface area contributed by atoms with Crippen LogP contribution in [0.2, 0.25) is 0 Å². The zero-order chi connectivity index (χ0) is 20.4. The van der Waals surface area contributed by atoms with Gasteiger partial charge in [0.15, 0.2) is 5.69 Å². The van der Waals surface area contributed by atoms with E-state index >= 15 is 0 Å². The maximum atomic E-state index is 14.4. The van der Waals surface area contributed by atoms with Crippen molar-refractivity contribution in [3.8, 4) is 11.8 Å². The highest BCUT2D eigenvalue weighted by atomic mass is 19.1. The second-order valence-electron chi connectivity index (χ2n) is 6.78. The number of benzene rings is 2. The lowest BCUT2D eigenvalue weighted by Crippen LogP contribution is -2.36. The number of hydrogen-bond donors (Lipinski definition) is 1. The number of nitrogens with one attached hydrogen (secondary N) is 1. The summed E-state index contributed by atoms with van der Waals surface area (Å²) in [5.41, 5.74) is 3.00. The fourth-order valence-electron chi connectivity index (χ4n) is 3.40. The Kier molecular flexibility index (Phi) is 5.14. The first-order valence-corrected chi connectivity index (χ1v) is 9.25. The first-order chi connectivity index (χ1) is 14.1. The van der Waals surface area contributed by atoms with Crippen molar-refractivity contribution in [2.45, 2.75) is 6.92 Å². The van der Waals surface area contributed by atoms with E-state index in [1.165, 1.54) is 6.07 Å². The van der Waals surface area contributed by atoms with Gasteiger partial charge in [-0.15, -0.1) is 10.2 Å². The number of halogens is 1. The van der Waals surface area contributed by atoms with Crippen molar-refractivity contribution in [2.75, 3.05) is 43.6 Å². The van der Waals surface area contributed by atoms with Crippen LogP contribution < -0.4 is 15.0 Å². The van der Waals surface area contributed by atoms with Crippen LogP contribution in [-0.2, 0) is 4.74 Å². The number of nitrogens with zero attached hydrogens (tertiary/aromatic N) is 4. The molecule has 1 fully saturated rings. The van der Waals surface area contributed by atoms with E-state index in [0.29, 0.717) is 35.6 Å². The van der Waals surface area contributed by atoms with Crippen molar-refractivity contribution in [3.05, 3.63) is 47.4 Å². The Morgan fingerprint density at radius 2 is 2.00 bits per heavy atom. The lowest BCUT2D eigenvalue weighted by atomic mass is 10.1. The van der Waals surface area contributed by atoms with Crippen LogP contribution >= 0.6 is 0 Å². The number of hydrogen-bond acceptors (Lipinski definition) is 7. The maximum absolute atomic E-state index is 14.4. The average Bonchev–Trinajstić information content (AvgIpc) is 2.75. The molecule has 4 rings (SSSR count). The van der Waals surface area contributed by atoms with Gasteiger partial charge in [0.05, 0.1) is 42.9 Å². The van der Waals surface area contributed by atoms with Gasteiger partial charge in [-0.3, -0.25) is 0 Å². The number of aromatic nitrogens is 2. The van der Waals surface area contributed by atoms with Crippen LogP contribution in [0.3, 0.4) is 0 Å². The van der Waals surface area contributed by atoms with Crippen LogP contribution in [0.4, 0.5) is 21.5 Å². The fraction of sp³-hybridized carbons (Fsp3) is 0.286. The number of ether oxygens (including phenoxy) is 2. The molecule has 29 heavy (non-hydrogen) atoms. The molecule has 0 atom stereocenters. The van der Waals surface area contributed by atoms with E-state index in [1.54, 1.807) is 25.3 Å². The molecule has 8 heteroatoms. The topological polar surface area (TPSA) is 83.3 Å². The van der Waals surface area contributed by atoms with Crippen LogP contribution in [0.5, 0.6) is 5.75 Å². The number of aryl methyl sites for hydroxylation is 1. The van der Waals surface area contributed by atoms with Crippen molar-refractivity contribution < 1.29 is 13.9 Å². The van der Waals surface area contributed by atoms with Crippen LogP contribution in [-0.4, -0.2) is 43.6 Å². The smallest absolute Gasteiger partial charge is 0.187 e. The molecule has 0 aliphatic carbocycles. The molecule has 0 spiro atoms. The minimum absolute atomic E-state index is 0.0931. The van der Waals surface area contributed by atoms with Gasteiger partial charge in [-0.2, -0.15) is 5.26 Å². The van der Waals surface area contributed by atoms with E-state index in [-0.39, 0.29) is 11.4 Å². The van der Waals surface area contributed by atoms with Crippen molar-refractivity contribution in [1.29, 1.82) is 5.26 Å². The van der Waals surface area contributed by atoms with Crippen LogP contribution in [0.1, 0.15) is 11.3 Å². The summed E-state index contributed by atoms with van der Waals surface area (Å²) in [5.74, 6) is 0.256. The molecule has 1 aliphatic rings.